The molecule has 0 unspecified atom stereocenters. The predicted octanol–water partition coefficient (Wildman–Crippen LogP) is 2.83. The lowest BCUT2D eigenvalue weighted by atomic mass is 10.1. The Morgan fingerprint density at radius 3 is 2.46 bits per heavy atom. The average Bonchev–Trinajstić information content (AvgIpc) is 3.04. The lowest BCUT2D eigenvalue weighted by Gasteiger charge is -2.18. The largest absolute Gasteiger partial charge is 0.349 e. The molecule has 26 heavy (non-hydrogen) atoms. The third kappa shape index (κ3) is 3.72. The van der Waals surface area contributed by atoms with Crippen molar-refractivity contribution in [2.45, 2.75) is 19.4 Å². The van der Waals surface area contributed by atoms with Crippen LogP contribution in [0.15, 0.2) is 54.6 Å². The van der Waals surface area contributed by atoms with Crippen LogP contribution in [0.5, 0.6) is 0 Å². The van der Waals surface area contributed by atoms with Crippen LogP contribution in [0.4, 0.5) is 11.4 Å². The van der Waals surface area contributed by atoms with Gasteiger partial charge in [0.05, 0.1) is 16.9 Å². The van der Waals surface area contributed by atoms with Crippen molar-refractivity contribution in [1.82, 2.24) is 5.32 Å². The van der Waals surface area contributed by atoms with E-state index >= 15 is 0 Å². The number of nitrogens with zero attached hydrogens (tertiary/aromatic N) is 2. The molecule has 1 fully saturated rings. The van der Waals surface area contributed by atoms with Gasteiger partial charge in [-0.2, -0.15) is 0 Å². The molecule has 0 saturated carbocycles. The number of hydrogen-bond acceptors (Lipinski definition) is 4. The fraction of sp³-hybridized carbons (Fsp3) is 0.263. The summed E-state index contributed by atoms with van der Waals surface area (Å²) >= 11 is 0. The number of carbonyl (C=O) groups is 2. The van der Waals surface area contributed by atoms with Gasteiger partial charge in [0, 0.05) is 30.8 Å². The SMILES string of the molecule is C[C@H](NC(=O)[C@H]1CC(=O)N(c2ccc([N+](=O)[O-])cc2)C1)c1ccccc1. The zero-order valence-electron chi connectivity index (χ0n) is 14.3. The van der Waals surface area contributed by atoms with E-state index in [1.54, 1.807) is 0 Å². The van der Waals surface area contributed by atoms with Gasteiger partial charge in [-0.05, 0) is 24.6 Å². The van der Waals surface area contributed by atoms with Crippen molar-refractivity contribution in [1.29, 1.82) is 0 Å². The molecule has 2 aromatic carbocycles. The number of amides is 2. The van der Waals surface area contributed by atoms with E-state index in [0.717, 1.165) is 5.56 Å². The maximum Gasteiger partial charge on any atom is 0.269 e. The van der Waals surface area contributed by atoms with Crippen LogP contribution in [0.3, 0.4) is 0 Å². The van der Waals surface area contributed by atoms with Crippen LogP contribution in [0, 0.1) is 16.0 Å². The molecule has 7 nitrogen and oxygen atoms in total. The number of nitro benzene ring substituents is 1. The number of nitro groups is 1. The highest BCUT2D eigenvalue weighted by Crippen LogP contribution is 2.27. The molecule has 0 aliphatic carbocycles. The number of nitrogens with one attached hydrogen (secondary N) is 1. The molecule has 7 heteroatoms. The lowest BCUT2D eigenvalue weighted by molar-refractivity contribution is -0.384. The molecule has 2 atom stereocenters. The number of hydrogen-bond donors (Lipinski definition) is 1. The summed E-state index contributed by atoms with van der Waals surface area (Å²) in [4.78, 5) is 36.5. The molecule has 1 heterocycles. The molecular formula is C19H19N3O4. The normalized spacial score (nSPS) is 17.8. The van der Waals surface area contributed by atoms with Gasteiger partial charge in [0.15, 0.2) is 0 Å². The Balaban J connectivity index is 1.65. The van der Waals surface area contributed by atoms with Gasteiger partial charge < -0.3 is 10.2 Å². The molecule has 1 aliphatic rings. The molecule has 0 spiro atoms. The summed E-state index contributed by atoms with van der Waals surface area (Å²) in [5.74, 6) is -0.769. The number of non-ortho nitro benzene ring substituents is 1. The molecule has 1 N–H and O–H groups in total. The van der Waals surface area contributed by atoms with Gasteiger partial charge in [-0.3, -0.25) is 19.7 Å². The van der Waals surface area contributed by atoms with E-state index in [-0.39, 0.29) is 36.5 Å². The van der Waals surface area contributed by atoms with Crippen molar-refractivity contribution in [2.75, 3.05) is 11.4 Å². The number of benzene rings is 2. The highest BCUT2D eigenvalue weighted by atomic mass is 16.6. The van der Waals surface area contributed by atoms with E-state index in [1.807, 2.05) is 37.3 Å². The Hall–Kier alpha value is -3.22. The molecule has 2 amide bonds. The Kier molecular flexibility index (Phi) is 4.97. The summed E-state index contributed by atoms with van der Waals surface area (Å²) in [6.07, 6.45) is 0.129. The number of carbonyl (C=O) groups excluding carboxylic acids is 2. The van der Waals surface area contributed by atoms with Crippen LogP contribution in [-0.4, -0.2) is 23.3 Å². The monoisotopic (exact) mass is 353 g/mol. The van der Waals surface area contributed by atoms with Crippen LogP contribution in [-0.2, 0) is 9.59 Å². The van der Waals surface area contributed by atoms with Crippen molar-refractivity contribution in [3.8, 4) is 0 Å². The summed E-state index contributed by atoms with van der Waals surface area (Å²) in [7, 11) is 0. The highest BCUT2D eigenvalue weighted by molar-refractivity contribution is 6.00. The van der Waals surface area contributed by atoms with Crippen molar-refractivity contribution in [2.24, 2.45) is 5.92 Å². The summed E-state index contributed by atoms with van der Waals surface area (Å²) < 4.78 is 0. The molecule has 0 radical (unpaired) electrons. The molecule has 0 bridgehead atoms. The Morgan fingerprint density at radius 1 is 1.19 bits per heavy atom. The van der Waals surface area contributed by atoms with Gasteiger partial charge in [-0.1, -0.05) is 30.3 Å². The predicted molar refractivity (Wildman–Crippen MR) is 96.6 cm³/mol. The van der Waals surface area contributed by atoms with Crippen molar-refractivity contribution >= 4 is 23.2 Å². The third-order valence-corrected chi connectivity index (χ3v) is 4.53. The van der Waals surface area contributed by atoms with Crippen LogP contribution in [0.1, 0.15) is 24.9 Å². The smallest absolute Gasteiger partial charge is 0.269 e. The van der Waals surface area contributed by atoms with Crippen LogP contribution in [0.25, 0.3) is 0 Å². The maximum absolute atomic E-state index is 12.5. The Labute approximate surface area is 150 Å². The van der Waals surface area contributed by atoms with Crippen LogP contribution in [0.2, 0.25) is 0 Å². The van der Waals surface area contributed by atoms with Crippen molar-refractivity contribution in [3.63, 3.8) is 0 Å². The lowest BCUT2D eigenvalue weighted by Crippen LogP contribution is -2.34. The summed E-state index contributed by atoms with van der Waals surface area (Å²) in [6, 6.07) is 15.2. The molecule has 3 rings (SSSR count). The second kappa shape index (κ2) is 7.35. The van der Waals surface area contributed by atoms with Crippen LogP contribution >= 0.6 is 0 Å². The maximum atomic E-state index is 12.5. The van der Waals surface area contributed by atoms with Gasteiger partial charge in [-0.15, -0.1) is 0 Å². The van der Waals surface area contributed by atoms with Gasteiger partial charge in [0.2, 0.25) is 11.8 Å². The third-order valence-electron chi connectivity index (χ3n) is 4.53. The first kappa shape index (κ1) is 17.6. The Morgan fingerprint density at radius 2 is 1.85 bits per heavy atom. The van der Waals surface area contributed by atoms with E-state index in [0.29, 0.717) is 5.69 Å². The minimum Gasteiger partial charge on any atom is -0.349 e. The van der Waals surface area contributed by atoms with E-state index in [1.165, 1.54) is 29.2 Å². The quantitative estimate of drug-likeness (QED) is 0.661. The molecular weight excluding hydrogens is 334 g/mol. The van der Waals surface area contributed by atoms with Crippen molar-refractivity contribution in [3.05, 3.63) is 70.3 Å². The minimum atomic E-state index is -0.489. The molecule has 2 aromatic rings. The van der Waals surface area contributed by atoms with Crippen LogP contribution < -0.4 is 10.2 Å². The number of anilines is 1. The molecule has 0 aromatic heterocycles. The number of rotatable bonds is 5. The summed E-state index contributed by atoms with van der Waals surface area (Å²) in [5, 5.41) is 13.7. The molecule has 1 aliphatic heterocycles. The molecule has 1 saturated heterocycles. The van der Waals surface area contributed by atoms with E-state index in [4.69, 9.17) is 0 Å². The zero-order valence-corrected chi connectivity index (χ0v) is 14.3. The van der Waals surface area contributed by atoms with Gasteiger partial charge in [0.1, 0.15) is 0 Å². The topological polar surface area (TPSA) is 92.6 Å². The first-order valence-electron chi connectivity index (χ1n) is 8.36. The van der Waals surface area contributed by atoms with E-state index in [9.17, 15) is 19.7 Å². The average molecular weight is 353 g/mol. The van der Waals surface area contributed by atoms with Gasteiger partial charge in [0.25, 0.3) is 5.69 Å². The second-order valence-corrected chi connectivity index (χ2v) is 6.32. The zero-order chi connectivity index (χ0) is 18.7. The first-order chi connectivity index (χ1) is 12.5. The molecule has 134 valence electrons. The summed E-state index contributed by atoms with van der Waals surface area (Å²) in [6.45, 7) is 2.17. The fourth-order valence-electron chi connectivity index (χ4n) is 3.04. The Bertz CT molecular complexity index is 820. The highest BCUT2D eigenvalue weighted by Gasteiger charge is 2.35. The second-order valence-electron chi connectivity index (χ2n) is 6.32. The minimum absolute atomic E-state index is 0.0358. The van der Waals surface area contributed by atoms with Gasteiger partial charge >= 0.3 is 0 Å². The van der Waals surface area contributed by atoms with E-state index < -0.39 is 10.8 Å². The van der Waals surface area contributed by atoms with E-state index in [2.05, 4.69) is 5.32 Å². The first-order valence-corrected chi connectivity index (χ1v) is 8.36. The van der Waals surface area contributed by atoms with Crippen molar-refractivity contribution < 1.29 is 14.5 Å². The fourth-order valence-corrected chi connectivity index (χ4v) is 3.04. The standard InChI is InChI=1S/C19H19N3O4/c1-13(14-5-3-2-4-6-14)20-19(24)15-11-18(23)21(12-15)16-7-9-17(10-8-16)22(25)26/h2-10,13,15H,11-12H2,1H3,(H,20,24)/t13-,15-/m0/s1. The summed E-state index contributed by atoms with van der Waals surface area (Å²) in [5.41, 5.74) is 1.52. The van der Waals surface area contributed by atoms with Gasteiger partial charge in [-0.25, -0.2) is 0 Å².